The first-order valence-corrected chi connectivity index (χ1v) is 13.1. The average molecular weight is 520 g/mol. The van der Waals surface area contributed by atoms with Gasteiger partial charge in [0.25, 0.3) is 5.91 Å². The molecule has 0 spiro atoms. The number of hydrogen-bond donors (Lipinski definition) is 1. The van der Waals surface area contributed by atoms with Crippen LogP contribution in [0.25, 0.3) is 0 Å². The highest BCUT2D eigenvalue weighted by molar-refractivity contribution is 7.92. The summed E-state index contributed by atoms with van der Waals surface area (Å²) in [6.07, 6.45) is 3.84. The maximum Gasteiger partial charge on any atom is 0.280 e. The molecule has 0 radical (unpaired) electrons. The Bertz CT molecular complexity index is 1290. The van der Waals surface area contributed by atoms with E-state index in [0.29, 0.717) is 36.0 Å². The second-order valence-electron chi connectivity index (χ2n) is 7.77. The Morgan fingerprint density at radius 1 is 1.29 bits per heavy atom. The average Bonchev–Trinajstić information content (AvgIpc) is 3.60. The topological polar surface area (TPSA) is 134 Å². The maximum atomic E-state index is 13.1. The predicted octanol–water partition coefficient (Wildman–Crippen LogP) is 2.15. The number of rotatable bonds is 10. The monoisotopic (exact) mass is 519 g/mol. The van der Waals surface area contributed by atoms with Crippen LogP contribution in [0.3, 0.4) is 0 Å². The number of hydrogen-bond acceptors (Lipinski definition) is 10. The van der Waals surface area contributed by atoms with Gasteiger partial charge in [0, 0.05) is 38.7 Å². The number of aryl methyl sites for hydroxylation is 1. The quantitative estimate of drug-likeness (QED) is 0.318. The van der Waals surface area contributed by atoms with E-state index in [0.717, 1.165) is 4.88 Å². The Morgan fingerprint density at radius 2 is 2.09 bits per heavy atom. The van der Waals surface area contributed by atoms with E-state index in [1.165, 1.54) is 35.6 Å². The molecule has 0 aliphatic carbocycles. The van der Waals surface area contributed by atoms with Gasteiger partial charge in [0.05, 0.1) is 28.2 Å². The maximum absolute atomic E-state index is 13.1. The molecule has 1 atom stereocenters. The highest BCUT2D eigenvalue weighted by Gasteiger charge is 2.31. The molecule has 13 heteroatoms. The molecule has 3 heterocycles. The van der Waals surface area contributed by atoms with Crippen molar-refractivity contribution in [3.8, 4) is 0 Å². The molecule has 4 rings (SSSR count). The normalized spacial score (nSPS) is 16.4. The Kier molecular flexibility index (Phi) is 7.90. The summed E-state index contributed by atoms with van der Waals surface area (Å²) in [5.74, 6) is -0.552. The molecule has 2 aromatic heterocycles. The summed E-state index contributed by atoms with van der Waals surface area (Å²) in [6.45, 7) is 1.04. The molecule has 1 amide bonds. The van der Waals surface area contributed by atoms with Gasteiger partial charge in [-0.1, -0.05) is 28.6 Å². The second kappa shape index (κ2) is 11.1. The number of thiazole rings is 1. The molecule has 11 nitrogen and oxygen atoms in total. The van der Waals surface area contributed by atoms with Crippen LogP contribution in [0.4, 0.5) is 5.13 Å². The van der Waals surface area contributed by atoms with Gasteiger partial charge in [0.2, 0.25) is 0 Å². The van der Waals surface area contributed by atoms with E-state index >= 15 is 0 Å². The smallest absolute Gasteiger partial charge is 0.280 e. The van der Waals surface area contributed by atoms with Crippen LogP contribution in [0.1, 0.15) is 22.6 Å². The number of ether oxygens (including phenoxy) is 2. The minimum Gasteiger partial charge on any atom is -0.389 e. The molecular formula is C22H25N5O6S2. The van der Waals surface area contributed by atoms with E-state index in [2.05, 4.69) is 20.6 Å². The minimum absolute atomic E-state index is 0.0300. The van der Waals surface area contributed by atoms with Crippen molar-refractivity contribution in [1.82, 2.24) is 14.8 Å². The summed E-state index contributed by atoms with van der Waals surface area (Å²) in [5, 5.41) is 10.8. The first kappa shape index (κ1) is 25.0. The fourth-order valence-corrected chi connectivity index (χ4v) is 5.77. The third kappa shape index (κ3) is 6.11. The Balaban J connectivity index is 1.56. The van der Waals surface area contributed by atoms with Gasteiger partial charge in [-0.2, -0.15) is 5.10 Å². The summed E-state index contributed by atoms with van der Waals surface area (Å²) in [5.41, 5.74) is 0.997. The fourth-order valence-electron chi connectivity index (χ4n) is 3.41. The first-order chi connectivity index (χ1) is 16.9. The predicted molar refractivity (Wildman–Crippen MR) is 129 cm³/mol. The number of anilines is 1. The largest absolute Gasteiger partial charge is 0.389 e. The van der Waals surface area contributed by atoms with Crippen LogP contribution in [-0.4, -0.2) is 60.4 Å². The van der Waals surface area contributed by atoms with Crippen molar-refractivity contribution in [3.05, 3.63) is 58.9 Å². The lowest BCUT2D eigenvalue weighted by Crippen LogP contribution is -2.25. The molecule has 0 bridgehead atoms. The van der Waals surface area contributed by atoms with Crippen molar-refractivity contribution < 1.29 is 27.5 Å². The van der Waals surface area contributed by atoms with Crippen LogP contribution in [0.15, 0.2) is 52.8 Å². The van der Waals surface area contributed by atoms with Gasteiger partial charge in [-0.3, -0.25) is 14.8 Å². The third-order valence-electron chi connectivity index (χ3n) is 5.20. The molecule has 1 aromatic carbocycles. The van der Waals surface area contributed by atoms with E-state index in [1.54, 1.807) is 37.3 Å². The van der Waals surface area contributed by atoms with Crippen molar-refractivity contribution in [1.29, 1.82) is 0 Å². The molecule has 1 aliphatic rings. The van der Waals surface area contributed by atoms with Crippen molar-refractivity contribution in [2.45, 2.75) is 29.8 Å². The number of carbonyl (C=O) groups excluding carboxylic acids is 1. The Hall–Kier alpha value is -3.13. The van der Waals surface area contributed by atoms with E-state index in [4.69, 9.17) is 14.3 Å². The van der Waals surface area contributed by atoms with E-state index < -0.39 is 21.0 Å². The molecular weight excluding hydrogens is 494 g/mol. The Labute approximate surface area is 206 Å². The summed E-state index contributed by atoms with van der Waals surface area (Å²) in [7, 11) is -0.174. The number of nitrogens with one attached hydrogen (secondary N) is 1. The van der Waals surface area contributed by atoms with Gasteiger partial charge in [-0.15, -0.1) is 0 Å². The summed E-state index contributed by atoms with van der Waals surface area (Å²) >= 11 is 1.27. The number of amides is 1. The SMILES string of the molecule is COCc1cnc(NC(=O)C(=NOCc2ccn(C)n2)c2ccc(S(=O)(=O)[C@H]3CCOC3)cc2)s1. The van der Waals surface area contributed by atoms with Crippen molar-refractivity contribution >= 4 is 37.9 Å². The van der Waals surface area contributed by atoms with Gasteiger partial charge >= 0.3 is 0 Å². The zero-order valence-corrected chi connectivity index (χ0v) is 20.8. The lowest BCUT2D eigenvalue weighted by atomic mass is 10.1. The number of aromatic nitrogens is 3. The summed E-state index contributed by atoms with van der Waals surface area (Å²) in [6, 6.07) is 7.76. The molecule has 3 aromatic rings. The van der Waals surface area contributed by atoms with Gasteiger partial charge in [-0.05, 0) is 24.6 Å². The van der Waals surface area contributed by atoms with Gasteiger partial charge in [-0.25, -0.2) is 13.4 Å². The molecule has 1 saturated heterocycles. The number of benzene rings is 1. The third-order valence-corrected chi connectivity index (χ3v) is 8.26. The molecule has 186 valence electrons. The van der Waals surface area contributed by atoms with Crippen LogP contribution in [0, 0.1) is 0 Å². The lowest BCUT2D eigenvalue weighted by Gasteiger charge is -2.11. The summed E-state index contributed by atoms with van der Waals surface area (Å²) < 4.78 is 37.6. The zero-order valence-electron chi connectivity index (χ0n) is 19.2. The van der Waals surface area contributed by atoms with Crippen molar-refractivity contribution in [2.75, 3.05) is 25.6 Å². The standard InChI is InChI=1S/C22H25N5O6S2/c1-27-9-7-16(25-27)12-33-26-20(21(28)24-22-23-11-17(34-22)13-31-2)15-3-5-18(6-4-15)35(29,30)19-8-10-32-14-19/h3-7,9,11,19H,8,10,12-14H2,1-2H3,(H,23,24,28)/t19-/m0/s1. The van der Waals surface area contributed by atoms with Crippen LogP contribution in [-0.2, 0) is 49.2 Å². The van der Waals surface area contributed by atoms with Gasteiger partial charge in [0.1, 0.15) is 5.69 Å². The second-order valence-corrected chi connectivity index (χ2v) is 11.1. The van der Waals surface area contributed by atoms with E-state index in [1.807, 2.05) is 0 Å². The zero-order chi connectivity index (χ0) is 24.8. The van der Waals surface area contributed by atoms with Crippen molar-refractivity contribution in [3.63, 3.8) is 0 Å². The van der Waals surface area contributed by atoms with Crippen LogP contribution in [0.5, 0.6) is 0 Å². The van der Waals surface area contributed by atoms with Crippen LogP contribution < -0.4 is 5.32 Å². The molecule has 1 fully saturated rings. The lowest BCUT2D eigenvalue weighted by molar-refractivity contribution is -0.110. The molecule has 1 aliphatic heterocycles. The highest BCUT2D eigenvalue weighted by atomic mass is 32.2. The number of sulfone groups is 1. The Morgan fingerprint density at radius 3 is 2.74 bits per heavy atom. The highest BCUT2D eigenvalue weighted by Crippen LogP contribution is 2.23. The number of carbonyl (C=O) groups is 1. The molecule has 0 unspecified atom stereocenters. The van der Waals surface area contributed by atoms with E-state index in [-0.39, 0.29) is 23.8 Å². The molecule has 0 saturated carbocycles. The number of oxime groups is 1. The fraction of sp³-hybridized carbons (Fsp3) is 0.364. The number of methoxy groups -OCH3 is 1. The molecule has 35 heavy (non-hydrogen) atoms. The molecule has 1 N–H and O–H groups in total. The van der Waals surface area contributed by atoms with Crippen LogP contribution in [0.2, 0.25) is 0 Å². The minimum atomic E-state index is -3.53. The summed E-state index contributed by atoms with van der Waals surface area (Å²) in [4.78, 5) is 23.7. The number of nitrogens with zero attached hydrogens (tertiary/aromatic N) is 4. The first-order valence-electron chi connectivity index (χ1n) is 10.7. The van der Waals surface area contributed by atoms with Gasteiger partial charge < -0.3 is 14.3 Å². The van der Waals surface area contributed by atoms with E-state index in [9.17, 15) is 13.2 Å². The van der Waals surface area contributed by atoms with Gasteiger partial charge in [0.15, 0.2) is 27.3 Å². The van der Waals surface area contributed by atoms with Crippen molar-refractivity contribution in [2.24, 2.45) is 12.2 Å². The van der Waals surface area contributed by atoms with Crippen LogP contribution >= 0.6 is 11.3 Å².